The average Bonchev–Trinajstić information content (AvgIpc) is 3.24. The Hall–Kier alpha value is -3.39. The van der Waals surface area contributed by atoms with Gasteiger partial charge in [0.15, 0.2) is 0 Å². The molecule has 4 rings (SSSR count). The first kappa shape index (κ1) is 27.6. The molecule has 0 radical (unpaired) electrons. The fourth-order valence-corrected chi connectivity index (χ4v) is 5.71. The fourth-order valence-electron chi connectivity index (χ4n) is 4.25. The average molecular weight is 594 g/mol. The normalized spacial score (nSPS) is 14.6. The number of halogens is 3. The molecule has 1 fully saturated rings. The Bertz CT molecular complexity index is 1360. The van der Waals surface area contributed by atoms with Crippen molar-refractivity contribution in [1.29, 1.82) is 0 Å². The number of carbonyl (C=O) groups excluding carboxylic acids is 1. The van der Waals surface area contributed by atoms with Crippen molar-refractivity contribution in [3.8, 4) is 17.6 Å². The molecule has 3 aromatic rings. The monoisotopic (exact) mass is 594 g/mol. The van der Waals surface area contributed by atoms with Crippen LogP contribution < -0.4 is 25.3 Å². The molecule has 3 heterocycles. The molecule has 0 atom stereocenters. The van der Waals surface area contributed by atoms with Gasteiger partial charge in [-0.1, -0.05) is 0 Å². The number of amides is 1. The Morgan fingerprint density at radius 1 is 1.26 bits per heavy atom. The number of fused-ring (bicyclic) bond motifs is 1. The first-order valence-corrected chi connectivity index (χ1v) is 13.7. The van der Waals surface area contributed by atoms with Gasteiger partial charge in [0.2, 0.25) is 0 Å². The Kier molecular flexibility index (Phi) is 8.72. The summed E-state index contributed by atoms with van der Waals surface area (Å²) in [6.07, 6.45) is 4.94. The molecule has 12 heteroatoms. The van der Waals surface area contributed by atoms with E-state index >= 15 is 0 Å². The Morgan fingerprint density at radius 3 is 2.71 bits per heavy atom. The van der Waals surface area contributed by atoms with Crippen molar-refractivity contribution in [2.45, 2.75) is 24.0 Å². The topological polar surface area (TPSA) is 82.9 Å². The number of rotatable bonds is 7. The predicted octanol–water partition coefficient (Wildman–Crippen LogP) is 2.52. The van der Waals surface area contributed by atoms with Crippen molar-refractivity contribution in [3.05, 3.63) is 47.8 Å². The molecule has 0 unspecified atom stereocenters. The van der Waals surface area contributed by atoms with E-state index in [1.54, 1.807) is 34.9 Å². The van der Waals surface area contributed by atoms with Crippen molar-refractivity contribution in [2.24, 2.45) is 0 Å². The van der Waals surface area contributed by atoms with E-state index in [4.69, 9.17) is 4.74 Å². The number of alkyl halides is 3. The predicted molar refractivity (Wildman–Crippen MR) is 143 cm³/mol. The van der Waals surface area contributed by atoms with Gasteiger partial charge >= 0.3 is 226 Å². The number of carbonyl (C=O) groups is 1. The van der Waals surface area contributed by atoms with Crippen LogP contribution in [0.2, 0.25) is 0 Å². The second kappa shape index (κ2) is 12.0. The summed E-state index contributed by atoms with van der Waals surface area (Å²) >= 11 is -1.80. The SMILES string of the molecule is CNC(=O)c1ccc(OC)c(NCC#Cc2cc3c(NC4CCN(C)CC4)nccn3c2[Se]C(F)(F)F)c1. The molecule has 8 nitrogen and oxygen atoms in total. The molecule has 0 aliphatic carbocycles. The summed E-state index contributed by atoms with van der Waals surface area (Å²) in [5.41, 5.74) is 1.88. The Morgan fingerprint density at radius 2 is 2.03 bits per heavy atom. The number of piperidine rings is 1. The van der Waals surface area contributed by atoms with Crippen LogP contribution in [-0.2, 0) is 0 Å². The minimum atomic E-state index is -4.34. The molecular formula is C26H29F3N6O2Se. The maximum atomic E-state index is 13.5. The van der Waals surface area contributed by atoms with Gasteiger partial charge in [-0.15, -0.1) is 0 Å². The van der Waals surface area contributed by atoms with Crippen LogP contribution in [-0.4, -0.2) is 87.1 Å². The van der Waals surface area contributed by atoms with Gasteiger partial charge in [0.05, 0.1) is 0 Å². The van der Waals surface area contributed by atoms with Crippen molar-refractivity contribution in [1.82, 2.24) is 19.6 Å². The third-order valence-electron chi connectivity index (χ3n) is 6.20. The summed E-state index contributed by atoms with van der Waals surface area (Å²) in [7, 11) is 5.12. The van der Waals surface area contributed by atoms with Crippen molar-refractivity contribution >= 4 is 42.5 Å². The second-order valence-corrected chi connectivity index (χ2v) is 11.0. The zero-order valence-electron chi connectivity index (χ0n) is 21.3. The number of benzene rings is 1. The van der Waals surface area contributed by atoms with Gasteiger partial charge in [0, 0.05) is 0 Å². The van der Waals surface area contributed by atoms with Crippen LogP contribution >= 0.6 is 0 Å². The first-order valence-electron chi connectivity index (χ1n) is 12.0. The molecule has 1 amide bonds. The molecule has 202 valence electrons. The molecule has 0 spiro atoms. The van der Waals surface area contributed by atoms with Crippen molar-refractivity contribution < 1.29 is 22.7 Å². The molecule has 1 aliphatic rings. The van der Waals surface area contributed by atoms with E-state index in [2.05, 4.69) is 44.7 Å². The summed E-state index contributed by atoms with van der Waals surface area (Å²) in [6, 6.07) is 6.81. The first-order chi connectivity index (χ1) is 18.2. The van der Waals surface area contributed by atoms with E-state index in [-0.39, 0.29) is 23.1 Å². The van der Waals surface area contributed by atoms with Gasteiger partial charge < -0.3 is 0 Å². The summed E-state index contributed by atoms with van der Waals surface area (Å²) in [4.78, 5) is 18.7. The molecule has 38 heavy (non-hydrogen) atoms. The van der Waals surface area contributed by atoms with Crippen LogP contribution in [0.4, 0.5) is 24.7 Å². The number of nitrogens with one attached hydrogen (secondary N) is 3. The van der Waals surface area contributed by atoms with Crippen molar-refractivity contribution in [2.75, 3.05) is 51.5 Å². The fraction of sp³-hybridized carbons (Fsp3) is 0.385. The number of anilines is 2. The van der Waals surface area contributed by atoms with Crippen LogP contribution in [0.5, 0.6) is 5.75 Å². The van der Waals surface area contributed by atoms with Crippen LogP contribution in [0.1, 0.15) is 28.8 Å². The third-order valence-corrected chi connectivity index (χ3v) is 7.97. The van der Waals surface area contributed by atoms with Gasteiger partial charge in [-0.25, -0.2) is 0 Å². The Labute approximate surface area is 225 Å². The molecule has 2 aromatic heterocycles. The molecule has 0 saturated carbocycles. The Balaban J connectivity index is 1.60. The zero-order valence-corrected chi connectivity index (χ0v) is 23.0. The summed E-state index contributed by atoms with van der Waals surface area (Å²) in [5.74, 6) is 6.67. The molecule has 1 aliphatic heterocycles. The molecule has 0 bridgehead atoms. The van der Waals surface area contributed by atoms with Crippen LogP contribution in [0.15, 0.2) is 36.7 Å². The second-order valence-electron chi connectivity index (χ2n) is 8.81. The zero-order chi connectivity index (χ0) is 27.3. The third kappa shape index (κ3) is 6.72. The van der Waals surface area contributed by atoms with Crippen molar-refractivity contribution in [3.63, 3.8) is 0 Å². The van der Waals surface area contributed by atoms with Gasteiger partial charge in [0.25, 0.3) is 0 Å². The van der Waals surface area contributed by atoms with Crippen LogP contribution in [0.25, 0.3) is 5.52 Å². The van der Waals surface area contributed by atoms with E-state index in [1.165, 1.54) is 20.4 Å². The number of ether oxygens (including phenoxy) is 1. The molecule has 3 N–H and O–H groups in total. The standard InChI is InChI=1S/C26H29F3N6O2Se/c1-30-24(36)17-6-7-22(37-3)20(15-17)31-10-4-5-18-16-21-23(33-19-8-12-34(2)13-9-19)32-11-14-35(21)25(18)38-26(27,28)29/h6-7,11,14-16,19,31H,8-10,12-13H2,1-3H3,(H,30,36)(H,32,33). The van der Waals surface area contributed by atoms with E-state index in [1.807, 2.05) is 0 Å². The summed E-state index contributed by atoms with van der Waals surface area (Å²) in [5, 5.41) is 4.75. The number of aromatic nitrogens is 2. The minimum absolute atomic E-state index is 0.125. The number of nitrogens with zero attached hydrogens (tertiary/aromatic N) is 3. The van der Waals surface area contributed by atoms with Gasteiger partial charge in [-0.05, 0) is 0 Å². The van der Waals surface area contributed by atoms with E-state index in [9.17, 15) is 18.0 Å². The van der Waals surface area contributed by atoms with E-state index in [0.717, 1.165) is 25.9 Å². The summed E-state index contributed by atoms with van der Waals surface area (Å²) < 4.78 is 47.6. The number of methoxy groups -OCH3 is 1. The number of likely N-dealkylation sites (tertiary alicyclic amines) is 1. The maximum absolute atomic E-state index is 13.5. The van der Waals surface area contributed by atoms with Gasteiger partial charge in [-0.2, -0.15) is 0 Å². The quantitative estimate of drug-likeness (QED) is 0.289. The van der Waals surface area contributed by atoms with E-state index in [0.29, 0.717) is 33.9 Å². The number of hydrogen-bond donors (Lipinski definition) is 3. The van der Waals surface area contributed by atoms with Gasteiger partial charge in [0.1, 0.15) is 0 Å². The molecule has 1 aromatic carbocycles. The van der Waals surface area contributed by atoms with Gasteiger partial charge in [-0.3, -0.25) is 0 Å². The molecule has 1 saturated heterocycles. The molecular weight excluding hydrogens is 564 g/mol. The van der Waals surface area contributed by atoms with Crippen LogP contribution in [0.3, 0.4) is 0 Å². The summed E-state index contributed by atoms with van der Waals surface area (Å²) in [6.45, 7) is 2.03. The van der Waals surface area contributed by atoms with Crippen LogP contribution in [0, 0.1) is 11.8 Å². The number of hydrogen-bond acceptors (Lipinski definition) is 6. The van der Waals surface area contributed by atoms with E-state index < -0.39 is 20.0 Å².